The molecule has 3 aromatic rings. The summed E-state index contributed by atoms with van der Waals surface area (Å²) in [4.78, 5) is 14.4. The molecule has 0 spiro atoms. The van der Waals surface area contributed by atoms with Crippen LogP contribution in [0, 0.1) is 5.82 Å². The molecule has 0 saturated carbocycles. The van der Waals surface area contributed by atoms with Crippen LogP contribution in [0.4, 0.5) is 4.39 Å². The van der Waals surface area contributed by atoms with Gasteiger partial charge in [0.2, 0.25) is 0 Å². The number of carbonyl (C=O) groups excluding carboxylic acids is 1. The number of aromatic nitrogens is 2. The van der Waals surface area contributed by atoms with Crippen LogP contribution >= 0.6 is 0 Å². The lowest BCUT2D eigenvalue weighted by atomic mass is 10.1. The Morgan fingerprint density at radius 3 is 2.56 bits per heavy atom. The molecule has 0 aliphatic carbocycles. The zero-order valence-corrected chi connectivity index (χ0v) is 14.1. The minimum atomic E-state index is -0.288. The van der Waals surface area contributed by atoms with E-state index in [9.17, 15) is 9.18 Å². The number of amides is 1. The summed E-state index contributed by atoms with van der Waals surface area (Å²) in [6.07, 6.45) is 3.64. The molecule has 0 aliphatic heterocycles. The van der Waals surface area contributed by atoms with Gasteiger partial charge in [0.1, 0.15) is 5.82 Å². The fourth-order valence-corrected chi connectivity index (χ4v) is 2.70. The topological polar surface area (TPSA) is 38.1 Å². The molecule has 25 heavy (non-hydrogen) atoms. The average Bonchev–Trinajstić information content (AvgIpc) is 3.13. The number of hydrogen-bond donors (Lipinski definition) is 0. The summed E-state index contributed by atoms with van der Waals surface area (Å²) in [5.74, 6) is -0.346. The molecule has 128 valence electrons. The van der Waals surface area contributed by atoms with Crippen LogP contribution in [0.3, 0.4) is 0 Å². The maximum Gasteiger partial charge on any atom is 0.254 e. The van der Waals surface area contributed by atoms with E-state index >= 15 is 0 Å². The molecule has 0 saturated heterocycles. The van der Waals surface area contributed by atoms with E-state index in [2.05, 4.69) is 5.10 Å². The number of rotatable bonds is 6. The van der Waals surface area contributed by atoms with E-state index < -0.39 is 0 Å². The Morgan fingerprint density at radius 2 is 1.92 bits per heavy atom. The summed E-state index contributed by atoms with van der Waals surface area (Å²) in [5, 5.41) is 4.18. The lowest BCUT2D eigenvalue weighted by Gasteiger charge is -2.21. The van der Waals surface area contributed by atoms with Gasteiger partial charge < -0.3 is 4.90 Å². The van der Waals surface area contributed by atoms with Crippen molar-refractivity contribution in [1.29, 1.82) is 0 Å². The Morgan fingerprint density at radius 1 is 1.12 bits per heavy atom. The van der Waals surface area contributed by atoms with Crippen LogP contribution in [0.5, 0.6) is 0 Å². The van der Waals surface area contributed by atoms with E-state index in [1.54, 1.807) is 17.2 Å². The van der Waals surface area contributed by atoms with Crippen LogP contribution in [0.25, 0.3) is 0 Å². The van der Waals surface area contributed by atoms with Crippen LogP contribution < -0.4 is 0 Å². The first-order valence-corrected chi connectivity index (χ1v) is 8.26. The maximum atomic E-state index is 13.3. The highest BCUT2D eigenvalue weighted by Crippen LogP contribution is 2.13. The summed E-state index contributed by atoms with van der Waals surface area (Å²) in [6.45, 7) is 3.54. The summed E-state index contributed by atoms with van der Waals surface area (Å²) >= 11 is 0. The molecule has 1 heterocycles. The molecule has 0 bridgehead atoms. The van der Waals surface area contributed by atoms with E-state index in [4.69, 9.17) is 0 Å². The lowest BCUT2D eigenvalue weighted by molar-refractivity contribution is 0.0752. The number of halogens is 1. The fraction of sp³-hybridized carbons (Fsp3) is 0.200. The van der Waals surface area contributed by atoms with E-state index in [1.807, 2.05) is 54.2 Å². The summed E-state index contributed by atoms with van der Waals surface area (Å²) < 4.78 is 15.2. The normalized spacial score (nSPS) is 10.6. The first-order valence-electron chi connectivity index (χ1n) is 8.26. The molecule has 0 N–H and O–H groups in total. The predicted octanol–water partition coefficient (Wildman–Crippen LogP) is 3.73. The highest BCUT2D eigenvalue weighted by atomic mass is 19.1. The second-order valence-corrected chi connectivity index (χ2v) is 5.85. The summed E-state index contributed by atoms with van der Waals surface area (Å²) in [5.41, 5.74) is 2.49. The van der Waals surface area contributed by atoms with Crippen LogP contribution in [0.15, 0.2) is 67.0 Å². The molecule has 1 amide bonds. The highest BCUT2D eigenvalue weighted by Gasteiger charge is 2.14. The van der Waals surface area contributed by atoms with Crippen LogP contribution in [0.1, 0.15) is 28.4 Å². The monoisotopic (exact) mass is 337 g/mol. The van der Waals surface area contributed by atoms with Gasteiger partial charge >= 0.3 is 0 Å². The van der Waals surface area contributed by atoms with Crippen LogP contribution in [-0.2, 0) is 13.1 Å². The van der Waals surface area contributed by atoms with Crippen molar-refractivity contribution in [3.8, 4) is 0 Å². The van der Waals surface area contributed by atoms with Gasteiger partial charge in [0.05, 0.1) is 6.54 Å². The molecule has 0 aliphatic rings. The summed E-state index contributed by atoms with van der Waals surface area (Å²) in [7, 11) is 0. The van der Waals surface area contributed by atoms with Crippen molar-refractivity contribution in [2.45, 2.75) is 20.0 Å². The average molecular weight is 337 g/mol. The van der Waals surface area contributed by atoms with Gasteiger partial charge in [0.25, 0.3) is 5.91 Å². The lowest BCUT2D eigenvalue weighted by Crippen LogP contribution is -2.30. The third kappa shape index (κ3) is 4.32. The van der Waals surface area contributed by atoms with E-state index in [-0.39, 0.29) is 11.7 Å². The van der Waals surface area contributed by atoms with Crippen molar-refractivity contribution in [2.75, 3.05) is 6.54 Å². The third-order valence-electron chi connectivity index (χ3n) is 4.04. The van der Waals surface area contributed by atoms with Crippen LogP contribution in [0.2, 0.25) is 0 Å². The van der Waals surface area contributed by atoms with E-state index in [0.717, 1.165) is 11.1 Å². The molecule has 4 nitrogen and oxygen atoms in total. The van der Waals surface area contributed by atoms with Gasteiger partial charge in [-0.25, -0.2) is 4.39 Å². The molecule has 0 radical (unpaired) electrons. The fourth-order valence-electron chi connectivity index (χ4n) is 2.70. The Kier molecular flexibility index (Phi) is 5.23. The smallest absolute Gasteiger partial charge is 0.254 e. The highest BCUT2D eigenvalue weighted by molar-refractivity contribution is 5.94. The standard InChI is InChI=1S/C20H20FN3O/c1-2-23(14-17-5-3-6-19(21)13-17)20(25)18-9-7-16(8-10-18)15-24-12-4-11-22-24/h3-13H,2,14-15H2,1H3. The van der Waals surface area contributed by atoms with Crippen molar-refractivity contribution in [3.05, 3.63) is 89.5 Å². The van der Waals surface area contributed by atoms with E-state index in [0.29, 0.717) is 25.2 Å². The molecule has 2 aromatic carbocycles. The molecular weight excluding hydrogens is 317 g/mol. The quantitative estimate of drug-likeness (QED) is 0.687. The van der Waals surface area contributed by atoms with E-state index in [1.165, 1.54) is 12.1 Å². The Hall–Kier alpha value is -2.95. The molecule has 5 heteroatoms. The van der Waals surface area contributed by atoms with Gasteiger partial charge in [0.15, 0.2) is 0 Å². The Labute approximate surface area is 146 Å². The second-order valence-electron chi connectivity index (χ2n) is 5.85. The minimum absolute atomic E-state index is 0.0580. The molecule has 0 atom stereocenters. The van der Waals surface area contributed by atoms with Crippen molar-refractivity contribution >= 4 is 5.91 Å². The zero-order valence-electron chi connectivity index (χ0n) is 14.1. The maximum absolute atomic E-state index is 13.3. The van der Waals surface area contributed by atoms with Crippen LogP contribution in [-0.4, -0.2) is 27.1 Å². The largest absolute Gasteiger partial charge is 0.335 e. The SMILES string of the molecule is CCN(Cc1cccc(F)c1)C(=O)c1ccc(Cn2cccn2)cc1. The molecular formula is C20H20FN3O. The van der Waals surface area contributed by atoms with Crippen molar-refractivity contribution in [2.24, 2.45) is 0 Å². The van der Waals surface area contributed by atoms with Crippen molar-refractivity contribution in [1.82, 2.24) is 14.7 Å². The molecule has 0 fully saturated rings. The van der Waals surface area contributed by atoms with Gasteiger partial charge in [0, 0.05) is 31.0 Å². The third-order valence-corrected chi connectivity index (χ3v) is 4.04. The summed E-state index contributed by atoms with van der Waals surface area (Å²) in [6, 6.07) is 15.8. The van der Waals surface area contributed by atoms with Crippen molar-refractivity contribution < 1.29 is 9.18 Å². The van der Waals surface area contributed by atoms with Crippen molar-refractivity contribution in [3.63, 3.8) is 0 Å². The molecule has 1 aromatic heterocycles. The molecule has 0 unspecified atom stereocenters. The van der Waals surface area contributed by atoms with Gasteiger partial charge in [-0.1, -0.05) is 24.3 Å². The van der Waals surface area contributed by atoms with Gasteiger partial charge in [-0.2, -0.15) is 5.10 Å². The Bertz CT molecular complexity index is 828. The van der Waals surface area contributed by atoms with Gasteiger partial charge in [-0.05, 0) is 48.4 Å². The number of hydrogen-bond acceptors (Lipinski definition) is 2. The minimum Gasteiger partial charge on any atom is -0.335 e. The second kappa shape index (κ2) is 7.75. The molecule has 3 rings (SSSR count). The zero-order chi connectivity index (χ0) is 17.6. The predicted molar refractivity (Wildman–Crippen MR) is 94.6 cm³/mol. The Balaban J connectivity index is 1.69. The first kappa shape index (κ1) is 16.9. The number of carbonyl (C=O) groups is 1. The number of benzene rings is 2. The van der Waals surface area contributed by atoms with Gasteiger partial charge in [-0.3, -0.25) is 9.48 Å². The van der Waals surface area contributed by atoms with Gasteiger partial charge in [-0.15, -0.1) is 0 Å². The first-order chi connectivity index (χ1) is 12.2. The number of nitrogens with zero attached hydrogens (tertiary/aromatic N) is 3.